The molecule has 0 saturated heterocycles. The van der Waals surface area contributed by atoms with Crippen LogP contribution in [0.5, 0.6) is 0 Å². The van der Waals surface area contributed by atoms with Crippen molar-refractivity contribution in [1.82, 2.24) is 9.97 Å². The Hall–Kier alpha value is -0.620. The standard InChI is InChI=1S/C6H6BrN3OS/c1-12-6-9-3(5(8)11)2-4(7)10-6/h2H,1H3,(H2,8,11). The Morgan fingerprint density at radius 2 is 2.33 bits per heavy atom. The minimum atomic E-state index is -0.548. The Labute approximate surface area is 82.1 Å². The van der Waals surface area contributed by atoms with Crippen molar-refractivity contribution in [2.24, 2.45) is 5.73 Å². The first-order valence-corrected chi connectivity index (χ1v) is 5.03. The van der Waals surface area contributed by atoms with Gasteiger partial charge in [-0.25, -0.2) is 9.97 Å². The number of hydrogen-bond acceptors (Lipinski definition) is 4. The molecule has 1 heterocycles. The molecular formula is C6H6BrN3OS. The molecule has 1 amide bonds. The van der Waals surface area contributed by atoms with Crippen molar-refractivity contribution in [1.29, 1.82) is 0 Å². The van der Waals surface area contributed by atoms with Crippen molar-refractivity contribution in [3.05, 3.63) is 16.4 Å². The van der Waals surface area contributed by atoms with Crippen LogP contribution in [0.2, 0.25) is 0 Å². The highest BCUT2D eigenvalue weighted by Crippen LogP contribution is 2.14. The lowest BCUT2D eigenvalue weighted by molar-refractivity contribution is 0.0994. The Kier molecular flexibility index (Phi) is 3.05. The minimum Gasteiger partial charge on any atom is -0.364 e. The van der Waals surface area contributed by atoms with Crippen LogP contribution in [0.25, 0.3) is 0 Å². The maximum atomic E-state index is 10.7. The summed E-state index contributed by atoms with van der Waals surface area (Å²) in [5.74, 6) is -0.548. The zero-order chi connectivity index (χ0) is 9.14. The molecular weight excluding hydrogens is 242 g/mol. The lowest BCUT2D eigenvalue weighted by Crippen LogP contribution is -2.13. The van der Waals surface area contributed by atoms with Gasteiger partial charge >= 0.3 is 0 Å². The summed E-state index contributed by atoms with van der Waals surface area (Å²) in [4.78, 5) is 18.6. The quantitative estimate of drug-likeness (QED) is 0.482. The molecule has 0 aliphatic rings. The van der Waals surface area contributed by atoms with Crippen LogP contribution in [0.3, 0.4) is 0 Å². The second-order valence-corrected chi connectivity index (χ2v) is 3.51. The summed E-state index contributed by atoms with van der Waals surface area (Å²) in [6, 6.07) is 1.49. The van der Waals surface area contributed by atoms with Crippen LogP contribution in [0, 0.1) is 0 Å². The molecule has 0 aliphatic carbocycles. The highest BCUT2D eigenvalue weighted by molar-refractivity contribution is 9.10. The van der Waals surface area contributed by atoms with E-state index in [1.807, 2.05) is 6.26 Å². The number of rotatable bonds is 2. The Morgan fingerprint density at radius 1 is 1.67 bits per heavy atom. The summed E-state index contributed by atoms with van der Waals surface area (Å²) in [5, 5.41) is 0.526. The zero-order valence-corrected chi connectivity index (χ0v) is 8.65. The van der Waals surface area contributed by atoms with E-state index in [9.17, 15) is 4.79 Å². The fourth-order valence-electron chi connectivity index (χ4n) is 0.614. The van der Waals surface area contributed by atoms with Crippen molar-refractivity contribution in [2.75, 3.05) is 6.26 Å². The van der Waals surface area contributed by atoms with E-state index in [1.165, 1.54) is 17.8 Å². The van der Waals surface area contributed by atoms with Gasteiger partial charge < -0.3 is 5.73 Å². The Bertz CT molecular complexity index is 318. The van der Waals surface area contributed by atoms with Crippen molar-refractivity contribution in [2.45, 2.75) is 5.16 Å². The fraction of sp³-hybridized carbons (Fsp3) is 0.167. The Morgan fingerprint density at radius 3 is 2.83 bits per heavy atom. The molecule has 0 fully saturated rings. The third-order valence-corrected chi connectivity index (χ3v) is 2.06. The van der Waals surface area contributed by atoms with E-state index in [4.69, 9.17) is 5.73 Å². The average molecular weight is 248 g/mol. The summed E-state index contributed by atoms with van der Waals surface area (Å²) >= 11 is 4.50. The zero-order valence-electron chi connectivity index (χ0n) is 6.24. The second kappa shape index (κ2) is 3.86. The van der Waals surface area contributed by atoms with Crippen LogP contribution in [-0.4, -0.2) is 22.1 Å². The average Bonchev–Trinajstić information content (AvgIpc) is 2.03. The van der Waals surface area contributed by atoms with E-state index in [-0.39, 0.29) is 5.69 Å². The summed E-state index contributed by atoms with van der Waals surface area (Å²) in [6.07, 6.45) is 1.83. The van der Waals surface area contributed by atoms with Gasteiger partial charge in [0.25, 0.3) is 5.91 Å². The topological polar surface area (TPSA) is 68.9 Å². The number of thioether (sulfide) groups is 1. The van der Waals surface area contributed by atoms with Gasteiger partial charge in [-0.05, 0) is 22.2 Å². The smallest absolute Gasteiger partial charge is 0.267 e. The monoisotopic (exact) mass is 247 g/mol. The van der Waals surface area contributed by atoms with E-state index in [1.54, 1.807) is 0 Å². The number of hydrogen-bond donors (Lipinski definition) is 1. The first-order valence-electron chi connectivity index (χ1n) is 3.02. The molecule has 6 heteroatoms. The van der Waals surface area contributed by atoms with E-state index in [0.29, 0.717) is 9.76 Å². The molecule has 2 N–H and O–H groups in total. The first kappa shape index (κ1) is 9.47. The number of nitrogens with two attached hydrogens (primary N) is 1. The van der Waals surface area contributed by atoms with Gasteiger partial charge in [-0.3, -0.25) is 4.79 Å². The van der Waals surface area contributed by atoms with Crippen molar-refractivity contribution in [3.63, 3.8) is 0 Å². The van der Waals surface area contributed by atoms with Crippen molar-refractivity contribution < 1.29 is 4.79 Å². The predicted octanol–water partition coefficient (Wildman–Crippen LogP) is 1.06. The molecule has 1 rings (SSSR count). The number of aromatic nitrogens is 2. The number of carbonyl (C=O) groups is 1. The molecule has 0 aromatic carbocycles. The minimum absolute atomic E-state index is 0.223. The van der Waals surface area contributed by atoms with E-state index in [0.717, 1.165) is 0 Å². The third kappa shape index (κ3) is 2.18. The first-order chi connectivity index (χ1) is 5.63. The molecule has 4 nitrogen and oxygen atoms in total. The fourth-order valence-corrected chi connectivity index (χ4v) is 1.50. The number of carbonyl (C=O) groups excluding carboxylic acids is 1. The number of halogens is 1. The van der Waals surface area contributed by atoms with Gasteiger partial charge in [-0.1, -0.05) is 11.8 Å². The molecule has 12 heavy (non-hydrogen) atoms. The Balaban J connectivity index is 3.15. The molecule has 0 saturated carbocycles. The highest BCUT2D eigenvalue weighted by Gasteiger charge is 2.05. The molecule has 1 aromatic rings. The van der Waals surface area contributed by atoms with Crippen molar-refractivity contribution >= 4 is 33.6 Å². The SMILES string of the molecule is CSc1nc(Br)cc(C(N)=O)n1. The number of amides is 1. The van der Waals surface area contributed by atoms with Gasteiger partial charge in [0.1, 0.15) is 10.3 Å². The van der Waals surface area contributed by atoms with E-state index >= 15 is 0 Å². The van der Waals surface area contributed by atoms with E-state index in [2.05, 4.69) is 25.9 Å². The van der Waals surface area contributed by atoms with Gasteiger partial charge in [0.2, 0.25) is 0 Å². The predicted molar refractivity (Wildman–Crippen MR) is 50.0 cm³/mol. The maximum absolute atomic E-state index is 10.7. The molecule has 0 atom stereocenters. The van der Waals surface area contributed by atoms with Gasteiger partial charge in [0.15, 0.2) is 5.16 Å². The lowest BCUT2D eigenvalue weighted by atomic mass is 10.4. The largest absolute Gasteiger partial charge is 0.364 e. The normalized spacial score (nSPS) is 9.83. The number of primary amides is 1. The van der Waals surface area contributed by atoms with Gasteiger partial charge in [-0.2, -0.15) is 0 Å². The summed E-state index contributed by atoms with van der Waals surface area (Å²) in [7, 11) is 0. The van der Waals surface area contributed by atoms with Crippen LogP contribution < -0.4 is 5.73 Å². The summed E-state index contributed by atoms with van der Waals surface area (Å²) in [5.41, 5.74) is 5.27. The van der Waals surface area contributed by atoms with Crippen LogP contribution in [0.1, 0.15) is 10.5 Å². The van der Waals surface area contributed by atoms with Gasteiger partial charge in [0.05, 0.1) is 0 Å². The summed E-state index contributed by atoms with van der Waals surface area (Å²) < 4.78 is 0.565. The van der Waals surface area contributed by atoms with Crippen molar-refractivity contribution in [3.8, 4) is 0 Å². The molecule has 0 bridgehead atoms. The maximum Gasteiger partial charge on any atom is 0.267 e. The third-order valence-electron chi connectivity index (χ3n) is 1.11. The van der Waals surface area contributed by atoms with Gasteiger partial charge in [0, 0.05) is 6.07 Å². The lowest BCUT2D eigenvalue weighted by Gasteiger charge is -1.98. The molecule has 0 aliphatic heterocycles. The summed E-state index contributed by atoms with van der Waals surface area (Å²) in [6.45, 7) is 0. The van der Waals surface area contributed by atoms with E-state index < -0.39 is 5.91 Å². The molecule has 64 valence electrons. The van der Waals surface area contributed by atoms with Crippen LogP contribution in [0.15, 0.2) is 15.8 Å². The molecule has 0 spiro atoms. The number of nitrogens with zero attached hydrogens (tertiary/aromatic N) is 2. The molecule has 1 aromatic heterocycles. The van der Waals surface area contributed by atoms with Gasteiger partial charge in [-0.15, -0.1) is 0 Å². The van der Waals surface area contributed by atoms with Crippen LogP contribution in [0.4, 0.5) is 0 Å². The molecule has 0 radical (unpaired) electrons. The van der Waals surface area contributed by atoms with Crippen LogP contribution >= 0.6 is 27.7 Å². The van der Waals surface area contributed by atoms with Crippen LogP contribution in [-0.2, 0) is 0 Å². The second-order valence-electron chi connectivity index (χ2n) is 1.93. The highest BCUT2D eigenvalue weighted by atomic mass is 79.9. The molecule has 0 unspecified atom stereocenters.